The molecule has 0 aliphatic carbocycles. The van der Waals surface area contributed by atoms with E-state index >= 15 is 0 Å². The smallest absolute Gasteiger partial charge is 0.410 e. The Morgan fingerprint density at radius 2 is 2.03 bits per heavy atom. The number of hydrogen-bond acceptors (Lipinski definition) is 5. The number of carbonyl (C=O) groups excluding carboxylic acids is 1. The number of thiophene rings is 1. The molecule has 0 saturated carbocycles. The van der Waals surface area contributed by atoms with Gasteiger partial charge in [-0.05, 0) is 64.1 Å². The lowest BCUT2D eigenvalue weighted by molar-refractivity contribution is 0.00700. The van der Waals surface area contributed by atoms with Gasteiger partial charge in [0, 0.05) is 38.1 Å². The van der Waals surface area contributed by atoms with Gasteiger partial charge in [0.1, 0.15) is 5.60 Å². The van der Waals surface area contributed by atoms with Crippen LogP contribution in [0.15, 0.2) is 22.5 Å². The highest BCUT2D eigenvalue weighted by Gasteiger charge is 2.34. The molecule has 0 unspecified atom stereocenters. The largest absolute Gasteiger partial charge is 0.444 e. The maximum absolute atomic E-state index is 12.0. The van der Waals surface area contributed by atoms with Crippen LogP contribution >= 0.6 is 11.3 Å². The van der Waals surface area contributed by atoms with Crippen LogP contribution in [0.4, 0.5) is 4.79 Å². The van der Waals surface area contributed by atoms with Gasteiger partial charge in [-0.1, -0.05) is 6.07 Å². The minimum absolute atomic E-state index is 0.223. The lowest BCUT2D eigenvalue weighted by atomic mass is 9.97. The molecule has 1 aromatic rings. The number of likely N-dealkylation sites (tertiary alicyclic amines) is 2. The summed E-state index contributed by atoms with van der Waals surface area (Å²) in [6.07, 6.45) is 2.18. The predicted octanol–water partition coefficient (Wildman–Crippen LogP) is 2.74. The van der Waals surface area contributed by atoms with Gasteiger partial charge in [-0.3, -0.25) is 9.89 Å². The summed E-state index contributed by atoms with van der Waals surface area (Å²) in [5.74, 6) is 1.49. The molecule has 1 aromatic heterocycles. The molecule has 2 aliphatic heterocycles. The number of nitrogens with one attached hydrogen (secondary N) is 2. The molecule has 162 valence electrons. The molecule has 8 heteroatoms. The SMILES string of the molecule is CN=C(NCC1CCN(Cc2cccs2)CC1)NC1CN(C(=O)OC(C)(C)C)C1. The number of carbonyl (C=O) groups is 1. The number of amides is 1. The Kier molecular flexibility index (Phi) is 7.40. The topological polar surface area (TPSA) is 69.2 Å². The molecular formula is C21H35N5O2S. The van der Waals surface area contributed by atoms with Crippen LogP contribution in [-0.4, -0.2) is 73.3 Å². The number of guanidine groups is 1. The van der Waals surface area contributed by atoms with Crippen molar-refractivity contribution in [2.75, 3.05) is 39.8 Å². The molecule has 29 heavy (non-hydrogen) atoms. The van der Waals surface area contributed by atoms with E-state index in [1.165, 1.54) is 17.7 Å². The molecule has 0 atom stereocenters. The zero-order valence-corrected chi connectivity index (χ0v) is 18.9. The molecule has 1 amide bonds. The second-order valence-corrected chi connectivity index (χ2v) is 10.0. The maximum Gasteiger partial charge on any atom is 0.410 e. The second kappa shape index (κ2) is 9.80. The molecule has 2 aliphatic rings. The first-order chi connectivity index (χ1) is 13.8. The summed E-state index contributed by atoms with van der Waals surface area (Å²) in [6, 6.07) is 4.57. The molecule has 0 bridgehead atoms. The van der Waals surface area contributed by atoms with Crippen LogP contribution in [0, 0.1) is 5.92 Å². The lowest BCUT2D eigenvalue weighted by Gasteiger charge is -2.40. The third-order valence-corrected chi connectivity index (χ3v) is 6.18. The van der Waals surface area contributed by atoms with Crippen LogP contribution in [0.3, 0.4) is 0 Å². The van der Waals surface area contributed by atoms with E-state index in [-0.39, 0.29) is 12.1 Å². The first-order valence-corrected chi connectivity index (χ1v) is 11.4. The minimum Gasteiger partial charge on any atom is -0.444 e. The van der Waals surface area contributed by atoms with Crippen molar-refractivity contribution in [3.05, 3.63) is 22.4 Å². The van der Waals surface area contributed by atoms with Crippen LogP contribution in [0.5, 0.6) is 0 Å². The van der Waals surface area contributed by atoms with E-state index in [0.29, 0.717) is 19.0 Å². The van der Waals surface area contributed by atoms with Crippen molar-refractivity contribution in [2.24, 2.45) is 10.9 Å². The molecule has 0 radical (unpaired) electrons. The Hall–Kier alpha value is -1.80. The van der Waals surface area contributed by atoms with Gasteiger partial charge < -0.3 is 20.3 Å². The maximum atomic E-state index is 12.0. The molecular weight excluding hydrogens is 386 g/mol. The van der Waals surface area contributed by atoms with E-state index in [1.807, 2.05) is 32.1 Å². The minimum atomic E-state index is -0.452. The Balaban J connectivity index is 1.31. The van der Waals surface area contributed by atoms with Crippen molar-refractivity contribution in [3.63, 3.8) is 0 Å². The van der Waals surface area contributed by atoms with Gasteiger partial charge in [0.25, 0.3) is 0 Å². The average molecular weight is 422 g/mol. The highest BCUT2D eigenvalue weighted by molar-refractivity contribution is 7.09. The summed E-state index contributed by atoms with van der Waals surface area (Å²) in [6.45, 7) is 11.3. The third-order valence-electron chi connectivity index (χ3n) is 5.32. The van der Waals surface area contributed by atoms with Gasteiger partial charge in [-0.25, -0.2) is 4.79 Å². The number of ether oxygens (including phenoxy) is 1. The first kappa shape index (κ1) is 21.9. The van der Waals surface area contributed by atoms with Crippen molar-refractivity contribution in [1.29, 1.82) is 0 Å². The van der Waals surface area contributed by atoms with Crippen LogP contribution in [-0.2, 0) is 11.3 Å². The standard InChI is InChI=1S/C21H35N5O2S/c1-21(2,3)28-20(27)26-13-17(14-26)24-19(22-4)23-12-16-7-9-25(10-8-16)15-18-6-5-11-29-18/h5-6,11,16-17H,7-10,12-15H2,1-4H3,(H2,22,23,24). The highest BCUT2D eigenvalue weighted by atomic mass is 32.1. The molecule has 3 rings (SSSR count). The highest BCUT2D eigenvalue weighted by Crippen LogP contribution is 2.20. The molecule has 3 heterocycles. The van der Waals surface area contributed by atoms with Crippen molar-refractivity contribution in [2.45, 2.75) is 51.8 Å². The summed E-state index contributed by atoms with van der Waals surface area (Å²) >= 11 is 1.84. The molecule has 7 nitrogen and oxygen atoms in total. The Labute approximate surface area is 178 Å². The van der Waals surface area contributed by atoms with Crippen molar-refractivity contribution >= 4 is 23.4 Å². The van der Waals surface area contributed by atoms with E-state index in [4.69, 9.17) is 4.74 Å². The second-order valence-electron chi connectivity index (χ2n) is 8.98. The quantitative estimate of drug-likeness (QED) is 0.565. The number of nitrogens with zero attached hydrogens (tertiary/aromatic N) is 3. The first-order valence-electron chi connectivity index (χ1n) is 10.5. The number of piperidine rings is 1. The van der Waals surface area contributed by atoms with E-state index in [9.17, 15) is 4.79 Å². The summed E-state index contributed by atoms with van der Waals surface area (Å²) in [5.41, 5.74) is -0.452. The van der Waals surface area contributed by atoms with Crippen molar-refractivity contribution in [3.8, 4) is 0 Å². The van der Waals surface area contributed by atoms with Crippen molar-refractivity contribution < 1.29 is 9.53 Å². The van der Waals surface area contributed by atoms with E-state index in [1.54, 1.807) is 11.9 Å². The van der Waals surface area contributed by atoms with Crippen LogP contribution < -0.4 is 10.6 Å². The van der Waals surface area contributed by atoms with Crippen LogP contribution in [0.25, 0.3) is 0 Å². The Morgan fingerprint density at radius 1 is 1.31 bits per heavy atom. The van der Waals surface area contributed by atoms with Gasteiger partial charge in [0.05, 0.1) is 6.04 Å². The Morgan fingerprint density at radius 3 is 2.62 bits per heavy atom. The normalized spacial score (nSPS) is 19.7. The van der Waals surface area contributed by atoms with Gasteiger partial charge in [-0.2, -0.15) is 0 Å². The van der Waals surface area contributed by atoms with Gasteiger partial charge >= 0.3 is 6.09 Å². The summed E-state index contributed by atoms with van der Waals surface area (Å²) in [4.78, 5) is 22.1. The molecule has 2 N–H and O–H groups in total. The molecule has 0 spiro atoms. The lowest BCUT2D eigenvalue weighted by Crippen LogP contribution is -2.63. The zero-order chi connectivity index (χ0) is 20.9. The van der Waals surface area contributed by atoms with Crippen LogP contribution in [0.2, 0.25) is 0 Å². The summed E-state index contributed by atoms with van der Waals surface area (Å²) < 4.78 is 5.40. The van der Waals surface area contributed by atoms with Gasteiger partial charge in [-0.15, -0.1) is 11.3 Å². The van der Waals surface area contributed by atoms with Gasteiger partial charge in [0.15, 0.2) is 5.96 Å². The van der Waals surface area contributed by atoms with E-state index in [2.05, 4.69) is 38.0 Å². The Bertz CT molecular complexity index is 672. The fourth-order valence-electron chi connectivity index (χ4n) is 3.65. The fourth-order valence-corrected chi connectivity index (χ4v) is 4.39. The van der Waals surface area contributed by atoms with E-state index < -0.39 is 5.60 Å². The third kappa shape index (κ3) is 6.89. The molecule has 2 saturated heterocycles. The number of rotatable bonds is 5. The average Bonchev–Trinajstić information content (AvgIpc) is 3.13. The number of aliphatic imine (C=N–C) groups is 1. The van der Waals surface area contributed by atoms with Crippen molar-refractivity contribution in [1.82, 2.24) is 20.4 Å². The van der Waals surface area contributed by atoms with Gasteiger partial charge in [0.2, 0.25) is 0 Å². The fraction of sp³-hybridized carbons (Fsp3) is 0.714. The predicted molar refractivity (Wildman–Crippen MR) is 118 cm³/mol. The monoisotopic (exact) mass is 421 g/mol. The summed E-state index contributed by atoms with van der Waals surface area (Å²) in [7, 11) is 1.79. The summed E-state index contributed by atoms with van der Waals surface area (Å²) in [5, 5.41) is 9.03. The number of hydrogen-bond donors (Lipinski definition) is 2. The van der Waals surface area contributed by atoms with Crippen LogP contribution in [0.1, 0.15) is 38.5 Å². The molecule has 2 fully saturated rings. The zero-order valence-electron chi connectivity index (χ0n) is 18.1. The van der Waals surface area contributed by atoms with E-state index in [0.717, 1.165) is 32.1 Å². The molecule has 0 aromatic carbocycles.